The van der Waals surface area contributed by atoms with E-state index in [9.17, 15) is 9.00 Å². The molecule has 31 heavy (non-hydrogen) atoms. The number of hydrogen-bond donors (Lipinski definition) is 3. The van der Waals surface area contributed by atoms with Crippen molar-refractivity contribution in [1.82, 2.24) is 15.3 Å². The van der Waals surface area contributed by atoms with Crippen LogP contribution in [0.25, 0.3) is 11.4 Å². The number of aromatic nitrogens is 2. The number of ether oxygens (including phenoxy) is 1. The summed E-state index contributed by atoms with van der Waals surface area (Å²) in [5, 5.41) is 14.8. The van der Waals surface area contributed by atoms with Crippen molar-refractivity contribution in [1.29, 1.82) is 0 Å². The maximum Gasteiger partial charge on any atom is 0.319 e. The molecule has 9 nitrogen and oxygen atoms in total. The van der Waals surface area contributed by atoms with E-state index < -0.39 is 10.8 Å². The van der Waals surface area contributed by atoms with Gasteiger partial charge in [-0.25, -0.2) is 14.8 Å². The first-order valence-electron chi connectivity index (χ1n) is 10.4. The first kappa shape index (κ1) is 21.7. The molecule has 2 heterocycles. The molecular formula is C21H27N5O4S. The molecule has 0 bridgehead atoms. The molecule has 3 N–H and O–H groups in total. The predicted molar refractivity (Wildman–Crippen MR) is 119 cm³/mol. The number of anilines is 2. The fourth-order valence-electron chi connectivity index (χ4n) is 3.26. The Morgan fingerprint density at radius 1 is 1.19 bits per heavy atom. The Bertz CT molecular complexity index is 930. The van der Waals surface area contributed by atoms with Crippen molar-refractivity contribution in [3.63, 3.8) is 0 Å². The smallest absolute Gasteiger partial charge is 0.319 e. The maximum atomic E-state index is 12.2. The normalized spacial score (nSPS) is 17.3. The molecule has 0 radical (unpaired) electrons. The van der Waals surface area contributed by atoms with Crippen LogP contribution in [0.3, 0.4) is 0 Å². The quantitative estimate of drug-likeness (QED) is 0.564. The predicted octanol–water partition coefficient (Wildman–Crippen LogP) is 1.51. The summed E-state index contributed by atoms with van der Waals surface area (Å²) in [5.74, 6) is 1.79. The van der Waals surface area contributed by atoms with E-state index >= 15 is 0 Å². The second-order valence-electron chi connectivity index (χ2n) is 7.60. The number of carbonyl (C=O) groups excluding carboxylic acids is 1. The Hall–Kier alpha value is -2.56. The lowest BCUT2D eigenvalue weighted by molar-refractivity contribution is 0.122. The molecule has 2 aliphatic rings. The number of amides is 2. The maximum absolute atomic E-state index is 12.2. The topological polar surface area (TPSA) is 117 Å². The van der Waals surface area contributed by atoms with Gasteiger partial charge in [0.25, 0.3) is 0 Å². The van der Waals surface area contributed by atoms with Crippen LogP contribution in [0.5, 0.6) is 0 Å². The van der Waals surface area contributed by atoms with Crippen molar-refractivity contribution >= 4 is 28.3 Å². The summed E-state index contributed by atoms with van der Waals surface area (Å²) in [6, 6.07) is 9.31. The van der Waals surface area contributed by atoms with Crippen LogP contribution in [0.2, 0.25) is 0 Å². The number of urea groups is 1. The lowest BCUT2D eigenvalue weighted by atomic mass is 10.2. The zero-order valence-electron chi connectivity index (χ0n) is 17.2. The molecule has 0 spiro atoms. The molecule has 166 valence electrons. The van der Waals surface area contributed by atoms with Crippen LogP contribution in [0, 0.1) is 0 Å². The van der Waals surface area contributed by atoms with E-state index in [4.69, 9.17) is 14.8 Å². The first-order chi connectivity index (χ1) is 15.1. The summed E-state index contributed by atoms with van der Waals surface area (Å²) in [5.41, 5.74) is 2.16. The summed E-state index contributed by atoms with van der Waals surface area (Å²) in [6.45, 7) is 2.61. The van der Waals surface area contributed by atoms with Crippen molar-refractivity contribution in [2.75, 3.05) is 48.9 Å². The summed E-state index contributed by atoms with van der Waals surface area (Å²) in [6.07, 6.45) is 2.07. The minimum Gasteiger partial charge on any atom is -0.395 e. The van der Waals surface area contributed by atoms with Crippen LogP contribution in [0.15, 0.2) is 30.3 Å². The Morgan fingerprint density at radius 2 is 1.94 bits per heavy atom. The van der Waals surface area contributed by atoms with E-state index in [0.717, 1.165) is 37.3 Å². The average Bonchev–Trinajstić information content (AvgIpc) is 3.58. The molecule has 2 aromatic rings. The van der Waals surface area contributed by atoms with Gasteiger partial charge in [-0.1, -0.05) is 0 Å². The fraction of sp³-hybridized carbons (Fsp3) is 0.476. The number of carbonyl (C=O) groups is 1. The van der Waals surface area contributed by atoms with E-state index in [1.54, 1.807) is 0 Å². The highest BCUT2D eigenvalue weighted by atomic mass is 32.2. The third-order valence-corrected chi connectivity index (χ3v) is 6.30. The van der Waals surface area contributed by atoms with Crippen molar-refractivity contribution in [3.05, 3.63) is 36.0 Å². The van der Waals surface area contributed by atoms with Gasteiger partial charge in [0.2, 0.25) is 0 Å². The van der Waals surface area contributed by atoms with Crippen molar-refractivity contribution in [2.24, 2.45) is 0 Å². The van der Waals surface area contributed by atoms with Gasteiger partial charge in [0.15, 0.2) is 5.82 Å². The molecule has 2 fully saturated rings. The third kappa shape index (κ3) is 6.22. The van der Waals surface area contributed by atoms with E-state index in [1.165, 1.54) is 0 Å². The summed E-state index contributed by atoms with van der Waals surface area (Å²) in [4.78, 5) is 23.4. The standard InChI is InChI=1S/C21H27N5O4S/c27-9-12-31(29)14-18-13-19(26-7-10-30-11-8-26)25-20(22-18)15-1-3-16(4-2-15)23-21(28)24-17-5-6-17/h1-4,13,17,27H,5-12,14H2,(H2,23,24,28). The summed E-state index contributed by atoms with van der Waals surface area (Å²) < 4.78 is 17.6. The Morgan fingerprint density at radius 3 is 2.61 bits per heavy atom. The monoisotopic (exact) mass is 445 g/mol. The van der Waals surface area contributed by atoms with Crippen LogP contribution in [0.4, 0.5) is 16.3 Å². The number of aliphatic hydroxyl groups is 1. The highest BCUT2D eigenvalue weighted by Gasteiger charge is 2.23. The fourth-order valence-corrected chi connectivity index (χ4v) is 4.09. The Kier molecular flexibility index (Phi) is 7.10. The second-order valence-corrected chi connectivity index (χ2v) is 9.18. The largest absolute Gasteiger partial charge is 0.395 e. The summed E-state index contributed by atoms with van der Waals surface area (Å²) in [7, 11) is -1.20. The molecule has 1 atom stereocenters. The van der Waals surface area contributed by atoms with Gasteiger partial charge in [-0.15, -0.1) is 0 Å². The van der Waals surface area contributed by atoms with Gasteiger partial charge in [0, 0.05) is 53.0 Å². The SMILES string of the molecule is O=C(Nc1ccc(-c2nc(CS(=O)CCO)cc(N3CCOCC3)n2)cc1)NC1CC1. The van der Waals surface area contributed by atoms with E-state index in [0.29, 0.717) is 36.5 Å². The Balaban J connectivity index is 1.54. The highest BCUT2D eigenvalue weighted by Crippen LogP contribution is 2.24. The number of aliphatic hydroxyl groups excluding tert-OH is 1. The molecule has 10 heteroatoms. The van der Waals surface area contributed by atoms with Crippen LogP contribution >= 0.6 is 0 Å². The number of rotatable bonds is 8. The van der Waals surface area contributed by atoms with Gasteiger partial charge >= 0.3 is 6.03 Å². The lowest BCUT2D eigenvalue weighted by Gasteiger charge is -2.28. The van der Waals surface area contributed by atoms with Crippen LogP contribution in [-0.2, 0) is 21.3 Å². The molecule has 1 unspecified atom stereocenters. The molecule has 1 aromatic carbocycles. The van der Waals surface area contributed by atoms with Gasteiger partial charge in [0.1, 0.15) is 5.82 Å². The zero-order chi connectivity index (χ0) is 21.6. The number of nitrogens with zero attached hydrogens (tertiary/aromatic N) is 3. The van der Waals surface area contributed by atoms with Gasteiger partial charge in [-0.2, -0.15) is 0 Å². The molecule has 1 aromatic heterocycles. The molecule has 1 saturated carbocycles. The number of morpholine rings is 1. The van der Waals surface area contributed by atoms with Crippen molar-refractivity contribution in [3.8, 4) is 11.4 Å². The zero-order valence-corrected chi connectivity index (χ0v) is 18.1. The van der Waals surface area contributed by atoms with Crippen LogP contribution in [-0.4, -0.2) is 70.0 Å². The second kappa shape index (κ2) is 10.2. The molecule has 4 rings (SSSR count). The first-order valence-corrected chi connectivity index (χ1v) is 11.9. The minimum absolute atomic E-state index is 0.121. The minimum atomic E-state index is -1.20. The van der Waals surface area contributed by atoms with Gasteiger partial charge in [0.05, 0.1) is 31.3 Å². The van der Waals surface area contributed by atoms with E-state index in [-0.39, 0.29) is 24.1 Å². The molecule has 1 aliphatic heterocycles. The Labute approximate surface area is 183 Å². The number of hydrogen-bond acceptors (Lipinski definition) is 7. The van der Waals surface area contributed by atoms with Gasteiger partial charge in [-0.3, -0.25) is 4.21 Å². The lowest BCUT2D eigenvalue weighted by Crippen LogP contribution is -2.37. The third-order valence-electron chi connectivity index (χ3n) is 5.04. The van der Waals surface area contributed by atoms with E-state index in [1.807, 2.05) is 30.3 Å². The van der Waals surface area contributed by atoms with Gasteiger partial charge < -0.3 is 25.4 Å². The number of nitrogens with one attached hydrogen (secondary N) is 2. The average molecular weight is 446 g/mol. The van der Waals surface area contributed by atoms with Crippen molar-refractivity contribution < 1.29 is 18.8 Å². The van der Waals surface area contributed by atoms with Crippen LogP contribution < -0.4 is 15.5 Å². The van der Waals surface area contributed by atoms with E-state index in [2.05, 4.69) is 20.5 Å². The highest BCUT2D eigenvalue weighted by molar-refractivity contribution is 7.84. The van der Waals surface area contributed by atoms with Gasteiger partial charge in [-0.05, 0) is 37.1 Å². The number of benzene rings is 1. The molecular weight excluding hydrogens is 418 g/mol. The molecule has 2 amide bonds. The summed E-state index contributed by atoms with van der Waals surface area (Å²) >= 11 is 0. The van der Waals surface area contributed by atoms with Crippen molar-refractivity contribution in [2.45, 2.75) is 24.6 Å². The molecule has 1 saturated heterocycles. The molecule has 1 aliphatic carbocycles. The van der Waals surface area contributed by atoms with Crippen LogP contribution in [0.1, 0.15) is 18.5 Å².